The molecule has 1 N–H and O–H groups in total. The molecule has 0 atom stereocenters. The van der Waals surface area contributed by atoms with Crippen molar-refractivity contribution in [3.05, 3.63) is 35.5 Å². The Balaban J connectivity index is 1.95. The summed E-state index contributed by atoms with van der Waals surface area (Å²) in [6, 6.07) is 1.98. The van der Waals surface area contributed by atoms with Crippen LogP contribution in [-0.2, 0) is 13.5 Å². The second kappa shape index (κ2) is 5.82. The molecular weight excluding hydrogens is 238 g/mol. The van der Waals surface area contributed by atoms with Crippen LogP contribution in [0.4, 0.5) is 5.82 Å². The van der Waals surface area contributed by atoms with Gasteiger partial charge in [-0.3, -0.25) is 4.68 Å². The highest BCUT2D eigenvalue weighted by molar-refractivity contribution is 5.36. The highest BCUT2D eigenvalue weighted by atomic mass is 15.2. The predicted molar refractivity (Wildman–Crippen MR) is 76.3 cm³/mol. The second-order valence-electron chi connectivity index (χ2n) is 5.11. The minimum absolute atomic E-state index is 0.346. The molecule has 5 heteroatoms. The van der Waals surface area contributed by atoms with Crippen molar-refractivity contribution in [2.75, 3.05) is 11.9 Å². The van der Waals surface area contributed by atoms with Gasteiger partial charge in [-0.1, -0.05) is 13.8 Å². The van der Waals surface area contributed by atoms with Crippen molar-refractivity contribution >= 4 is 5.82 Å². The maximum Gasteiger partial charge on any atom is 0.133 e. The molecule has 0 bridgehead atoms. The first kappa shape index (κ1) is 13.5. The number of anilines is 1. The first-order chi connectivity index (χ1) is 9.04. The lowest BCUT2D eigenvalue weighted by molar-refractivity contribution is 0.765. The fourth-order valence-electron chi connectivity index (χ4n) is 1.88. The average molecular weight is 259 g/mol. The van der Waals surface area contributed by atoms with Crippen molar-refractivity contribution in [1.82, 2.24) is 19.7 Å². The molecule has 102 valence electrons. The van der Waals surface area contributed by atoms with Gasteiger partial charge >= 0.3 is 0 Å². The molecule has 2 aromatic heterocycles. The minimum Gasteiger partial charge on any atom is -0.370 e. The Labute approximate surface area is 114 Å². The third-order valence-electron chi connectivity index (χ3n) is 2.87. The molecule has 0 fully saturated rings. The van der Waals surface area contributed by atoms with Crippen molar-refractivity contribution in [3.63, 3.8) is 0 Å². The number of hydrogen-bond acceptors (Lipinski definition) is 4. The van der Waals surface area contributed by atoms with E-state index < -0.39 is 0 Å². The van der Waals surface area contributed by atoms with Crippen LogP contribution in [0.2, 0.25) is 0 Å². The van der Waals surface area contributed by atoms with Gasteiger partial charge in [0.25, 0.3) is 0 Å². The van der Waals surface area contributed by atoms with Crippen LogP contribution in [0.25, 0.3) is 0 Å². The van der Waals surface area contributed by atoms with Gasteiger partial charge in [-0.2, -0.15) is 5.10 Å². The van der Waals surface area contributed by atoms with E-state index in [-0.39, 0.29) is 0 Å². The zero-order valence-corrected chi connectivity index (χ0v) is 12.0. The van der Waals surface area contributed by atoms with Gasteiger partial charge in [0.1, 0.15) is 11.6 Å². The molecule has 0 saturated carbocycles. The third-order valence-corrected chi connectivity index (χ3v) is 2.87. The van der Waals surface area contributed by atoms with Gasteiger partial charge in [0, 0.05) is 37.5 Å². The zero-order chi connectivity index (χ0) is 13.8. The molecule has 19 heavy (non-hydrogen) atoms. The van der Waals surface area contributed by atoms with Crippen LogP contribution in [0.3, 0.4) is 0 Å². The Bertz CT molecular complexity index is 545. The molecule has 0 aromatic carbocycles. The molecule has 0 amide bonds. The van der Waals surface area contributed by atoms with Crippen LogP contribution >= 0.6 is 0 Å². The quantitative estimate of drug-likeness (QED) is 0.895. The molecule has 0 aliphatic heterocycles. The molecule has 0 aliphatic rings. The SMILES string of the molecule is Cc1cc(NCCc2cnn(C)c2)nc(C(C)C)n1. The van der Waals surface area contributed by atoms with Gasteiger partial charge in [0.2, 0.25) is 0 Å². The Morgan fingerprint density at radius 1 is 1.32 bits per heavy atom. The van der Waals surface area contributed by atoms with Gasteiger partial charge < -0.3 is 5.32 Å². The smallest absolute Gasteiger partial charge is 0.133 e. The largest absolute Gasteiger partial charge is 0.370 e. The average Bonchev–Trinajstić information content (AvgIpc) is 2.74. The van der Waals surface area contributed by atoms with Gasteiger partial charge in [-0.25, -0.2) is 9.97 Å². The minimum atomic E-state index is 0.346. The fraction of sp³-hybridized carbons (Fsp3) is 0.500. The van der Waals surface area contributed by atoms with E-state index in [0.29, 0.717) is 5.92 Å². The Morgan fingerprint density at radius 3 is 2.74 bits per heavy atom. The second-order valence-corrected chi connectivity index (χ2v) is 5.11. The first-order valence-corrected chi connectivity index (χ1v) is 6.61. The van der Waals surface area contributed by atoms with Gasteiger partial charge in [-0.05, 0) is 18.9 Å². The van der Waals surface area contributed by atoms with E-state index in [9.17, 15) is 0 Å². The van der Waals surface area contributed by atoms with Crippen LogP contribution in [0, 0.1) is 6.92 Å². The summed E-state index contributed by atoms with van der Waals surface area (Å²) < 4.78 is 1.82. The monoisotopic (exact) mass is 259 g/mol. The van der Waals surface area contributed by atoms with Crippen molar-refractivity contribution in [3.8, 4) is 0 Å². The normalized spacial score (nSPS) is 11.0. The summed E-state index contributed by atoms with van der Waals surface area (Å²) in [5, 5.41) is 7.51. The van der Waals surface area contributed by atoms with E-state index in [1.807, 2.05) is 37.1 Å². The van der Waals surface area contributed by atoms with E-state index in [1.54, 1.807) is 0 Å². The molecular formula is C14H21N5. The van der Waals surface area contributed by atoms with Crippen LogP contribution in [0.1, 0.15) is 36.8 Å². The van der Waals surface area contributed by atoms with E-state index in [1.165, 1.54) is 5.56 Å². The predicted octanol–water partition coefficient (Wildman–Crippen LogP) is 2.30. The maximum atomic E-state index is 4.53. The molecule has 2 rings (SSSR count). The Morgan fingerprint density at radius 2 is 2.11 bits per heavy atom. The molecule has 0 aliphatic carbocycles. The number of aryl methyl sites for hydroxylation is 2. The van der Waals surface area contributed by atoms with E-state index in [0.717, 1.165) is 30.3 Å². The topological polar surface area (TPSA) is 55.6 Å². The zero-order valence-electron chi connectivity index (χ0n) is 12.0. The molecule has 0 spiro atoms. The maximum absolute atomic E-state index is 4.53. The van der Waals surface area contributed by atoms with Crippen molar-refractivity contribution < 1.29 is 0 Å². The molecule has 0 unspecified atom stereocenters. The Kier molecular flexibility index (Phi) is 4.14. The number of hydrogen-bond donors (Lipinski definition) is 1. The summed E-state index contributed by atoms with van der Waals surface area (Å²) >= 11 is 0. The summed E-state index contributed by atoms with van der Waals surface area (Å²) in [7, 11) is 1.93. The van der Waals surface area contributed by atoms with Crippen LogP contribution in [-0.4, -0.2) is 26.3 Å². The summed E-state index contributed by atoms with van der Waals surface area (Å²) in [6.45, 7) is 7.06. The summed E-state index contributed by atoms with van der Waals surface area (Å²) in [6.07, 6.45) is 4.87. The summed E-state index contributed by atoms with van der Waals surface area (Å²) in [5.74, 6) is 2.14. The number of aromatic nitrogens is 4. The standard InChI is InChI=1S/C14H21N5/c1-10(2)14-17-11(3)7-13(18-14)15-6-5-12-8-16-19(4)9-12/h7-10H,5-6H2,1-4H3,(H,15,17,18). The fourth-order valence-corrected chi connectivity index (χ4v) is 1.88. The highest BCUT2D eigenvalue weighted by Crippen LogP contribution is 2.13. The third kappa shape index (κ3) is 3.77. The molecule has 0 radical (unpaired) electrons. The van der Waals surface area contributed by atoms with E-state index in [4.69, 9.17) is 0 Å². The van der Waals surface area contributed by atoms with Crippen LogP contribution in [0.5, 0.6) is 0 Å². The lowest BCUT2D eigenvalue weighted by atomic mass is 10.2. The van der Waals surface area contributed by atoms with E-state index >= 15 is 0 Å². The Hall–Kier alpha value is -1.91. The molecule has 0 saturated heterocycles. The van der Waals surface area contributed by atoms with Gasteiger partial charge in [-0.15, -0.1) is 0 Å². The number of nitrogens with zero attached hydrogens (tertiary/aromatic N) is 4. The molecule has 2 heterocycles. The lowest BCUT2D eigenvalue weighted by Crippen LogP contribution is -2.09. The van der Waals surface area contributed by atoms with Crippen molar-refractivity contribution in [1.29, 1.82) is 0 Å². The van der Waals surface area contributed by atoms with Crippen LogP contribution < -0.4 is 5.32 Å². The lowest BCUT2D eigenvalue weighted by Gasteiger charge is -2.09. The summed E-state index contributed by atoms with van der Waals surface area (Å²) in [4.78, 5) is 8.96. The first-order valence-electron chi connectivity index (χ1n) is 6.61. The molecule has 5 nitrogen and oxygen atoms in total. The van der Waals surface area contributed by atoms with E-state index in [2.05, 4.69) is 34.2 Å². The highest BCUT2D eigenvalue weighted by Gasteiger charge is 2.06. The molecule has 2 aromatic rings. The van der Waals surface area contributed by atoms with Gasteiger partial charge in [0.05, 0.1) is 6.20 Å². The number of nitrogens with one attached hydrogen (secondary N) is 1. The summed E-state index contributed by atoms with van der Waals surface area (Å²) in [5.41, 5.74) is 2.23. The van der Waals surface area contributed by atoms with Crippen LogP contribution in [0.15, 0.2) is 18.5 Å². The number of rotatable bonds is 5. The van der Waals surface area contributed by atoms with Crippen molar-refractivity contribution in [2.45, 2.75) is 33.1 Å². The van der Waals surface area contributed by atoms with Gasteiger partial charge in [0.15, 0.2) is 0 Å². The van der Waals surface area contributed by atoms with Crippen molar-refractivity contribution in [2.24, 2.45) is 7.05 Å².